The second-order valence-corrected chi connectivity index (χ2v) is 4.03. The van der Waals surface area contributed by atoms with Gasteiger partial charge in [0.1, 0.15) is 10.8 Å². The highest BCUT2D eigenvalue weighted by atomic mass is 32.2. The molecule has 0 atom stereocenters. The molecule has 1 N–H and O–H groups in total. The van der Waals surface area contributed by atoms with Crippen LogP contribution in [0.4, 0.5) is 5.82 Å². The molecule has 0 unspecified atom stereocenters. The summed E-state index contributed by atoms with van der Waals surface area (Å²) in [6, 6.07) is 0. The second-order valence-electron chi connectivity index (χ2n) is 2.77. The molecule has 0 aliphatic rings. The van der Waals surface area contributed by atoms with Crippen LogP contribution in [0.5, 0.6) is 0 Å². The first-order valence-corrected chi connectivity index (χ1v) is 5.48. The zero-order valence-electron chi connectivity index (χ0n) is 8.19. The fourth-order valence-corrected chi connectivity index (χ4v) is 1.98. The number of hydrogen-bond acceptors (Lipinski definition) is 4. The summed E-state index contributed by atoms with van der Waals surface area (Å²) in [7, 11) is 1.87. The van der Waals surface area contributed by atoms with Gasteiger partial charge in [0.05, 0.1) is 6.20 Å². The first kappa shape index (κ1) is 9.33. The maximum absolute atomic E-state index is 4.45. The first-order valence-electron chi connectivity index (χ1n) is 4.49. The molecule has 0 radical (unpaired) electrons. The molecule has 0 aliphatic carbocycles. The van der Waals surface area contributed by atoms with Crippen LogP contribution in [-0.4, -0.2) is 27.2 Å². The van der Waals surface area contributed by atoms with Crippen LogP contribution in [0.2, 0.25) is 0 Å². The fraction of sp³-hybridized carbons (Fsp3) is 0.333. The Balaban J connectivity index is 2.58. The van der Waals surface area contributed by atoms with Gasteiger partial charge in [-0.05, 0) is 5.75 Å². The average Bonchev–Trinajstić information content (AvgIpc) is 2.66. The van der Waals surface area contributed by atoms with Crippen molar-refractivity contribution >= 4 is 23.2 Å². The molecule has 5 heteroatoms. The van der Waals surface area contributed by atoms with Crippen LogP contribution in [0.1, 0.15) is 6.92 Å². The van der Waals surface area contributed by atoms with E-state index in [9.17, 15) is 0 Å². The topological polar surface area (TPSA) is 42.2 Å². The highest BCUT2D eigenvalue weighted by Gasteiger charge is 2.05. The number of nitrogens with one attached hydrogen (secondary N) is 1. The summed E-state index contributed by atoms with van der Waals surface area (Å²) in [5.41, 5.74) is 0.927. The molecule has 4 nitrogen and oxygen atoms in total. The Morgan fingerprint density at radius 1 is 1.57 bits per heavy atom. The smallest absolute Gasteiger partial charge is 0.169 e. The third-order valence-electron chi connectivity index (χ3n) is 1.88. The van der Waals surface area contributed by atoms with Gasteiger partial charge in [0.15, 0.2) is 5.65 Å². The predicted octanol–water partition coefficient (Wildman–Crippen LogP) is 1.88. The van der Waals surface area contributed by atoms with Crippen molar-refractivity contribution in [3.05, 3.63) is 18.6 Å². The van der Waals surface area contributed by atoms with Gasteiger partial charge in [0.25, 0.3) is 0 Å². The van der Waals surface area contributed by atoms with Crippen molar-refractivity contribution in [1.82, 2.24) is 14.4 Å². The molecule has 2 aromatic rings. The molecule has 0 saturated carbocycles. The minimum absolute atomic E-state index is 0.867. The zero-order chi connectivity index (χ0) is 9.97. The summed E-state index contributed by atoms with van der Waals surface area (Å²) in [4.78, 5) is 8.71. The molecule has 0 aromatic carbocycles. The van der Waals surface area contributed by atoms with Crippen molar-refractivity contribution in [2.75, 3.05) is 18.1 Å². The van der Waals surface area contributed by atoms with E-state index in [2.05, 4.69) is 22.2 Å². The summed E-state index contributed by atoms with van der Waals surface area (Å²) >= 11 is 1.70. The van der Waals surface area contributed by atoms with Crippen molar-refractivity contribution in [3.63, 3.8) is 0 Å². The van der Waals surface area contributed by atoms with Crippen molar-refractivity contribution in [2.45, 2.75) is 11.9 Å². The van der Waals surface area contributed by atoms with E-state index >= 15 is 0 Å². The van der Waals surface area contributed by atoms with E-state index in [0.717, 1.165) is 22.2 Å². The molecular weight excluding hydrogens is 196 g/mol. The molecule has 2 aromatic heterocycles. The van der Waals surface area contributed by atoms with Crippen molar-refractivity contribution in [2.24, 2.45) is 0 Å². The van der Waals surface area contributed by atoms with E-state index < -0.39 is 0 Å². The maximum atomic E-state index is 4.45. The normalized spacial score (nSPS) is 10.7. The third-order valence-corrected chi connectivity index (χ3v) is 2.72. The molecule has 0 bridgehead atoms. The predicted molar refractivity (Wildman–Crippen MR) is 58.9 cm³/mol. The van der Waals surface area contributed by atoms with Gasteiger partial charge >= 0.3 is 0 Å². The van der Waals surface area contributed by atoms with Crippen LogP contribution in [0, 0.1) is 0 Å². The van der Waals surface area contributed by atoms with Gasteiger partial charge in [-0.1, -0.05) is 6.92 Å². The molecule has 74 valence electrons. The standard InChI is InChI=1S/C9H12N4S/c1-3-14-9-8-11-4-5-13(8)6-7(10-2)12-9/h4-6,10H,3H2,1-2H3. The van der Waals surface area contributed by atoms with Gasteiger partial charge in [-0.15, -0.1) is 11.8 Å². The molecule has 0 aliphatic heterocycles. The van der Waals surface area contributed by atoms with Gasteiger partial charge in [-0.3, -0.25) is 0 Å². The van der Waals surface area contributed by atoms with E-state index in [-0.39, 0.29) is 0 Å². The summed E-state index contributed by atoms with van der Waals surface area (Å²) in [6.07, 6.45) is 5.65. The third kappa shape index (κ3) is 1.55. The minimum atomic E-state index is 0.867. The van der Waals surface area contributed by atoms with Crippen LogP contribution >= 0.6 is 11.8 Å². The zero-order valence-corrected chi connectivity index (χ0v) is 9.01. The van der Waals surface area contributed by atoms with Crippen LogP contribution in [0.3, 0.4) is 0 Å². The molecule has 0 amide bonds. The first-order chi connectivity index (χ1) is 6.85. The molecule has 2 heterocycles. The van der Waals surface area contributed by atoms with Crippen LogP contribution in [-0.2, 0) is 0 Å². The lowest BCUT2D eigenvalue weighted by Crippen LogP contribution is -1.98. The van der Waals surface area contributed by atoms with E-state index in [1.165, 1.54) is 0 Å². The monoisotopic (exact) mass is 208 g/mol. The molecule has 2 rings (SSSR count). The largest absolute Gasteiger partial charge is 0.372 e. The number of imidazole rings is 1. The van der Waals surface area contributed by atoms with Gasteiger partial charge in [-0.25, -0.2) is 9.97 Å². The Hall–Kier alpha value is -1.23. The lowest BCUT2D eigenvalue weighted by molar-refractivity contribution is 1.03. The highest BCUT2D eigenvalue weighted by Crippen LogP contribution is 2.21. The summed E-state index contributed by atoms with van der Waals surface area (Å²) in [6.45, 7) is 2.11. The Morgan fingerprint density at radius 2 is 2.43 bits per heavy atom. The van der Waals surface area contributed by atoms with Gasteiger partial charge in [0.2, 0.25) is 0 Å². The number of rotatable bonds is 3. The van der Waals surface area contributed by atoms with Gasteiger partial charge in [0, 0.05) is 19.4 Å². The number of thioether (sulfide) groups is 1. The number of nitrogens with zero attached hydrogens (tertiary/aromatic N) is 3. The Kier molecular flexibility index (Phi) is 2.58. The van der Waals surface area contributed by atoms with Crippen molar-refractivity contribution in [3.8, 4) is 0 Å². The summed E-state index contributed by atoms with van der Waals surface area (Å²) in [5, 5.41) is 4.01. The van der Waals surface area contributed by atoms with E-state index in [0.29, 0.717) is 0 Å². The summed E-state index contributed by atoms with van der Waals surface area (Å²) < 4.78 is 1.98. The molecule has 0 fully saturated rings. The Labute approximate surface area is 86.8 Å². The quantitative estimate of drug-likeness (QED) is 0.782. The fourth-order valence-electron chi connectivity index (χ4n) is 1.26. The minimum Gasteiger partial charge on any atom is -0.372 e. The number of anilines is 1. The molecule has 0 spiro atoms. The Bertz CT molecular complexity index is 437. The number of aromatic nitrogens is 3. The Morgan fingerprint density at radius 3 is 3.14 bits per heavy atom. The number of fused-ring (bicyclic) bond motifs is 1. The lowest BCUT2D eigenvalue weighted by atomic mass is 10.6. The molecule has 14 heavy (non-hydrogen) atoms. The van der Waals surface area contributed by atoms with Gasteiger partial charge in [-0.2, -0.15) is 0 Å². The highest BCUT2D eigenvalue weighted by molar-refractivity contribution is 7.99. The van der Waals surface area contributed by atoms with E-state index in [4.69, 9.17) is 0 Å². The average molecular weight is 208 g/mol. The molecule has 0 saturated heterocycles. The van der Waals surface area contributed by atoms with E-state index in [1.807, 2.05) is 23.8 Å². The van der Waals surface area contributed by atoms with Crippen molar-refractivity contribution in [1.29, 1.82) is 0 Å². The van der Waals surface area contributed by atoms with Crippen LogP contribution in [0.25, 0.3) is 5.65 Å². The van der Waals surface area contributed by atoms with Gasteiger partial charge < -0.3 is 9.72 Å². The summed E-state index contributed by atoms with van der Waals surface area (Å²) in [5.74, 6) is 1.87. The van der Waals surface area contributed by atoms with Crippen molar-refractivity contribution < 1.29 is 0 Å². The van der Waals surface area contributed by atoms with Crippen LogP contribution in [0.15, 0.2) is 23.6 Å². The van der Waals surface area contributed by atoms with E-state index in [1.54, 1.807) is 18.0 Å². The SMILES string of the molecule is CCSc1nc(NC)cn2ccnc12. The molecular formula is C9H12N4S. The van der Waals surface area contributed by atoms with Crippen LogP contribution < -0.4 is 5.32 Å². The lowest BCUT2D eigenvalue weighted by Gasteiger charge is -2.04. The maximum Gasteiger partial charge on any atom is 0.169 e. The second kappa shape index (κ2) is 3.88. The number of hydrogen-bond donors (Lipinski definition) is 1.